The van der Waals surface area contributed by atoms with E-state index in [0.717, 1.165) is 50.4 Å². The lowest BCUT2D eigenvalue weighted by Gasteiger charge is -2.32. The molecule has 172 valence electrons. The highest BCUT2D eigenvalue weighted by molar-refractivity contribution is 7.98. The quantitative estimate of drug-likeness (QED) is 0.481. The number of carbonyl (C=O) groups is 1. The van der Waals surface area contributed by atoms with Gasteiger partial charge in [-0.2, -0.15) is 0 Å². The molecule has 1 aliphatic carbocycles. The van der Waals surface area contributed by atoms with E-state index in [1.54, 1.807) is 11.8 Å². The Morgan fingerprint density at radius 2 is 1.56 bits per heavy atom. The van der Waals surface area contributed by atoms with E-state index in [1.807, 2.05) is 12.1 Å². The minimum absolute atomic E-state index is 0.272. The van der Waals surface area contributed by atoms with Crippen molar-refractivity contribution < 1.29 is 9.53 Å². The first kappa shape index (κ1) is 23.2. The Balaban J connectivity index is 1.18. The molecule has 1 saturated carbocycles. The number of nitrogens with zero attached hydrogens (tertiary/aromatic N) is 1. The summed E-state index contributed by atoms with van der Waals surface area (Å²) in [4.78, 5) is 16.1. The van der Waals surface area contributed by atoms with Crippen LogP contribution in [0.3, 0.4) is 0 Å². The SMILES string of the molecule is CSc1ccc(Oc2ccc(CN3CCC(NC(=O)CC4CCCCC4)CC3)cc2)cc1. The van der Waals surface area contributed by atoms with Gasteiger partial charge in [0.15, 0.2) is 0 Å². The van der Waals surface area contributed by atoms with Crippen LogP contribution in [0.2, 0.25) is 0 Å². The van der Waals surface area contributed by atoms with Crippen molar-refractivity contribution in [3.63, 3.8) is 0 Å². The molecule has 0 spiro atoms. The summed E-state index contributed by atoms with van der Waals surface area (Å²) in [7, 11) is 0. The van der Waals surface area contributed by atoms with Crippen LogP contribution in [0.4, 0.5) is 0 Å². The number of carbonyl (C=O) groups excluding carboxylic acids is 1. The molecule has 0 bridgehead atoms. The Labute approximate surface area is 197 Å². The number of ether oxygens (including phenoxy) is 1. The Kier molecular flexibility index (Phi) is 8.52. The largest absolute Gasteiger partial charge is 0.457 e. The van der Waals surface area contributed by atoms with Crippen molar-refractivity contribution in [3.8, 4) is 11.5 Å². The van der Waals surface area contributed by atoms with Crippen LogP contribution in [0, 0.1) is 5.92 Å². The number of piperidine rings is 1. The topological polar surface area (TPSA) is 41.6 Å². The maximum Gasteiger partial charge on any atom is 0.220 e. The number of hydrogen-bond donors (Lipinski definition) is 1. The molecule has 2 aliphatic rings. The summed E-state index contributed by atoms with van der Waals surface area (Å²) < 4.78 is 5.97. The van der Waals surface area contributed by atoms with Gasteiger partial charge >= 0.3 is 0 Å². The Hall–Kier alpha value is -1.98. The van der Waals surface area contributed by atoms with Crippen molar-refractivity contribution in [2.75, 3.05) is 19.3 Å². The summed E-state index contributed by atoms with van der Waals surface area (Å²) in [5.41, 5.74) is 1.30. The highest BCUT2D eigenvalue weighted by Gasteiger charge is 2.23. The van der Waals surface area contributed by atoms with Gasteiger partial charge in [-0.1, -0.05) is 31.4 Å². The number of rotatable bonds is 8. The number of hydrogen-bond acceptors (Lipinski definition) is 4. The summed E-state index contributed by atoms with van der Waals surface area (Å²) >= 11 is 1.73. The van der Waals surface area contributed by atoms with Crippen molar-refractivity contribution in [3.05, 3.63) is 54.1 Å². The van der Waals surface area contributed by atoms with Crippen LogP contribution in [0.15, 0.2) is 53.4 Å². The van der Waals surface area contributed by atoms with Crippen molar-refractivity contribution >= 4 is 17.7 Å². The summed E-state index contributed by atoms with van der Waals surface area (Å²) in [6, 6.07) is 16.9. The molecule has 2 aromatic carbocycles. The average molecular weight is 453 g/mol. The van der Waals surface area contributed by atoms with Gasteiger partial charge in [0, 0.05) is 37.0 Å². The van der Waals surface area contributed by atoms with E-state index >= 15 is 0 Å². The van der Waals surface area contributed by atoms with E-state index in [-0.39, 0.29) is 5.91 Å². The van der Waals surface area contributed by atoms with Crippen LogP contribution >= 0.6 is 11.8 Å². The fraction of sp³-hybridized carbons (Fsp3) is 0.519. The highest BCUT2D eigenvalue weighted by atomic mass is 32.2. The third-order valence-corrected chi connectivity index (χ3v) is 7.52. The van der Waals surface area contributed by atoms with Crippen LogP contribution in [0.5, 0.6) is 11.5 Å². The van der Waals surface area contributed by atoms with Crippen molar-refractivity contribution in [1.29, 1.82) is 0 Å². The Morgan fingerprint density at radius 1 is 0.938 bits per heavy atom. The molecule has 1 aliphatic heterocycles. The average Bonchev–Trinajstić information content (AvgIpc) is 2.83. The molecule has 2 aromatic rings. The van der Waals surface area contributed by atoms with Gasteiger partial charge in [0.1, 0.15) is 11.5 Å². The van der Waals surface area contributed by atoms with Gasteiger partial charge in [-0.05, 0) is 79.8 Å². The standard InChI is InChI=1S/C27H36N2O2S/c1-32-26-13-11-25(12-14-26)31-24-9-7-22(8-10-24)20-29-17-15-23(16-18-29)28-27(30)19-21-5-3-2-4-6-21/h7-14,21,23H,2-6,15-20H2,1H3,(H,28,30). The number of thioether (sulfide) groups is 1. The van der Waals surface area contributed by atoms with Gasteiger partial charge in [-0.15, -0.1) is 11.8 Å². The number of amides is 1. The molecule has 32 heavy (non-hydrogen) atoms. The lowest BCUT2D eigenvalue weighted by atomic mass is 9.86. The first-order valence-electron chi connectivity index (χ1n) is 12.1. The lowest BCUT2D eigenvalue weighted by molar-refractivity contribution is -0.123. The molecular formula is C27H36N2O2S. The zero-order valence-electron chi connectivity index (χ0n) is 19.2. The Morgan fingerprint density at radius 3 is 2.19 bits per heavy atom. The van der Waals surface area contributed by atoms with Gasteiger partial charge in [-0.25, -0.2) is 0 Å². The summed E-state index contributed by atoms with van der Waals surface area (Å²) in [6.45, 7) is 3.02. The molecule has 0 atom stereocenters. The second-order valence-corrected chi connectivity index (χ2v) is 10.1. The zero-order valence-corrected chi connectivity index (χ0v) is 20.0. The number of likely N-dealkylation sites (tertiary alicyclic amines) is 1. The van der Waals surface area contributed by atoms with Crippen molar-refractivity contribution in [2.45, 2.75) is 68.8 Å². The molecule has 4 rings (SSSR count). The van der Waals surface area contributed by atoms with Crippen LogP contribution in [-0.4, -0.2) is 36.2 Å². The van der Waals surface area contributed by atoms with Crippen LogP contribution in [0.25, 0.3) is 0 Å². The van der Waals surface area contributed by atoms with E-state index in [0.29, 0.717) is 12.0 Å². The van der Waals surface area contributed by atoms with Gasteiger partial charge < -0.3 is 10.1 Å². The zero-order chi connectivity index (χ0) is 22.2. The summed E-state index contributed by atoms with van der Waals surface area (Å²) in [6.07, 6.45) is 11.3. The summed E-state index contributed by atoms with van der Waals surface area (Å²) in [5.74, 6) is 2.62. The molecule has 4 nitrogen and oxygen atoms in total. The predicted octanol–water partition coefficient (Wildman–Crippen LogP) is 6.25. The first-order chi connectivity index (χ1) is 15.7. The second-order valence-electron chi connectivity index (χ2n) is 9.25. The molecule has 0 radical (unpaired) electrons. The third kappa shape index (κ3) is 7.01. The first-order valence-corrected chi connectivity index (χ1v) is 13.3. The summed E-state index contributed by atoms with van der Waals surface area (Å²) in [5, 5.41) is 3.30. The maximum atomic E-state index is 12.4. The smallest absolute Gasteiger partial charge is 0.220 e. The van der Waals surface area contributed by atoms with Crippen molar-refractivity contribution in [2.24, 2.45) is 5.92 Å². The third-order valence-electron chi connectivity index (χ3n) is 6.78. The maximum absolute atomic E-state index is 12.4. The highest BCUT2D eigenvalue weighted by Crippen LogP contribution is 2.27. The second kappa shape index (κ2) is 11.8. The monoisotopic (exact) mass is 452 g/mol. The van der Waals surface area contributed by atoms with Gasteiger partial charge in [0.05, 0.1) is 0 Å². The van der Waals surface area contributed by atoms with Crippen LogP contribution in [0.1, 0.15) is 56.9 Å². The van der Waals surface area contributed by atoms with E-state index in [2.05, 4.69) is 52.9 Å². The van der Waals surface area contributed by atoms with Gasteiger partial charge in [0.25, 0.3) is 0 Å². The molecule has 1 saturated heterocycles. The van der Waals surface area contributed by atoms with E-state index in [4.69, 9.17) is 4.74 Å². The lowest BCUT2D eigenvalue weighted by Crippen LogP contribution is -2.44. The molecular weight excluding hydrogens is 416 g/mol. The van der Waals surface area contributed by atoms with Gasteiger partial charge in [-0.3, -0.25) is 9.69 Å². The molecule has 1 heterocycles. The van der Waals surface area contributed by atoms with Gasteiger partial charge in [0.2, 0.25) is 5.91 Å². The van der Waals surface area contributed by atoms with Crippen molar-refractivity contribution in [1.82, 2.24) is 10.2 Å². The molecule has 1 amide bonds. The fourth-order valence-corrected chi connectivity index (χ4v) is 5.28. The molecule has 0 aromatic heterocycles. The molecule has 5 heteroatoms. The van der Waals surface area contributed by atoms with E-state index in [9.17, 15) is 4.79 Å². The number of nitrogens with one attached hydrogen (secondary N) is 1. The van der Waals surface area contributed by atoms with E-state index in [1.165, 1.54) is 42.6 Å². The van der Waals surface area contributed by atoms with E-state index < -0.39 is 0 Å². The minimum Gasteiger partial charge on any atom is -0.457 e. The fourth-order valence-electron chi connectivity index (χ4n) is 4.88. The molecule has 2 fully saturated rings. The molecule has 0 unspecified atom stereocenters. The normalized spacial score (nSPS) is 18.4. The van der Waals surface area contributed by atoms with Crippen LogP contribution < -0.4 is 10.1 Å². The molecule has 1 N–H and O–H groups in total. The minimum atomic E-state index is 0.272. The number of benzene rings is 2. The van der Waals surface area contributed by atoms with Crippen LogP contribution in [-0.2, 0) is 11.3 Å². The predicted molar refractivity (Wildman–Crippen MR) is 132 cm³/mol. The Bertz CT molecular complexity index is 839.